The first-order chi connectivity index (χ1) is 13.6. The van der Waals surface area contributed by atoms with E-state index in [2.05, 4.69) is 43.3 Å². The quantitative estimate of drug-likeness (QED) is 0.267. The minimum atomic E-state index is -0.178. The number of thiophene rings is 1. The third-order valence-corrected chi connectivity index (χ3v) is 5.39. The van der Waals surface area contributed by atoms with Crippen molar-refractivity contribution < 1.29 is 4.39 Å². The molecule has 0 saturated heterocycles. The van der Waals surface area contributed by atoms with E-state index in [1.165, 1.54) is 10.9 Å². The summed E-state index contributed by atoms with van der Waals surface area (Å²) in [6, 6.07) is 11.0. The fourth-order valence-corrected chi connectivity index (χ4v) is 3.40. The van der Waals surface area contributed by atoms with Gasteiger partial charge in [-0.2, -0.15) is 0 Å². The molecule has 2 heterocycles. The maximum Gasteiger partial charge on any atom is 0.191 e. The normalized spacial score (nSPS) is 11.2. The van der Waals surface area contributed by atoms with Crippen LogP contribution in [0.25, 0.3) is 0 Å². The van der Waals surface area contributed by atoms with Gasteiger partial charge in [-0.3, -0.25) is 0 Å². The summed E-state index contributed by atoms with van der Waals surface area (Å²) in [4.78, 5) is 5.94. The topological polar surface area (TPSA) is 67.1 Å². The van der Waals surface area contributed by atoms with Gasteiger partial charge in [0.25, 0.3) is 0 Å². The molecule has 2 N–H and O–H groups in total. The van der Waals surface area contributed by atoms with E-state index >= 15 is 0 Å². The van der Waals surface area contributed by atoms with E-state index in [9.17, 15) is 4.39 Å². The number of aryl methyl sites for hydroxylation is 1. The minimum absolute atomic E-state index is 0. The zero-order valence-corrected chi connectivity index (χ0v) is 19.7. The molecule has 0 aliphatic rings. The second-order valence-electron chi connectivity index (χ2n) is 6.41. The summed E-state index contributed by atoms with van der Waals surface area (Å²) in [6.07, 6.45) is 1.51. The maximum atomic E-state index is 13.8. The first-order valence-electron chi connectivity index (χ1n) is 9.26. The van der Waals surface area contributed by atoms with Crippen molar-refractivity contribution in [3.8, 4) is 0 Å². The summed E-state index contributed by atoms with van der Waals surface area (Å²) in [6.45, 7) is 3.69. The molecule has 29 heavy (non-hydrogen) atoms. The molecule has 0 spiro atoms. The van der Waals surface area contributed by atoms with Crippen LogP contribution in [0.4, 0.5) is 4.39 Å². The van der Waals surface area contributed by atoms with Crippen LogP contribution in [0.5, 0.6) is 0 Å². The van der Waals surface area contributed by atoms with E-state index in [1.54, 1.807) is 23.5 Å². The molecule has 0 amide bonds. The Balaban J connectivity index is 0.00000300. The van der Waals surface area contributed by atoms with Crippen molar-refractivity contribution in [3.63, 3.8) is 0 Å². The Morgan fingerprint density at radius 3 is 2.52 bits per heavy atom. The Hall–Kier alpha value is -2.01. The highest BCUT2D eigenvalue weighted by molar-refractivity contribution is 14.0. The number of hydrogen-bond acceptors (Lipinski definition) is 4. The van der Waals surface area contributed by atoms with E-state index in [1.807, 2.05) is 24.6 Å². The molecule has 0 fully saturated rings. The monoisotopic (exact) mass is 528 g/mol. The van der Waals surface area contributed by atoms with Crippen LogP contribution in [0.2, 0.25) is 0 Å². The fraction of sp³-hybridized carbons (Fsp3) is 0.350. The second-order valence-corrected chi connectivity index (χ2v) is 7.44. The number of aliphatic imine (C=N–C) groups is 1. The zero-order chi connectivity index (χ0) is 19.8. The Kier molecular flexibility index (Phi) is 9.52. The van der Waals surface area contributed by atoms with Crippen molar-refractivity contribution in [1.29, 1.82) is 0 Å². The van der Waals surface area contributed by atoms with Crippen LogP contribution in [0.3, 0.4) is 0 Å². The average molecular weight is 528 g/mol. The minimum Gasteiger partial charge on any atom is -0.356 e. The lowest BCUT2D eigenvalue weighted by molar-refractivity contribution is 0.606. The third-order valence-electron chi connectivity index (χ3n) is 4.45. The molecule has 3 rings (SSSR count). The lowest BCUT2D eigenvalue weighted by atomic mass is 10.1. The predicted octanol–water partition coefficient (Wildman–Crippen LogP) is 3.46. The predicted molar refractivity (Wildman–Crippen MR) is 126 cm³/mol. The van der Waals surface area contributed by atoms with Crippen molar-refractivity contribution in [3.05, 3.63) is 69.7 Å². The molecule has 0 bridgehead atoms. The van der Waals surface area contributed by atoms with E-state index in [0.717, 1.165) is 24.6 Å². The molecule has 6 nitrogen and oxygen atoms in total. The van der Waals surface area contributed by atoms with Crippen LogP contribution in [-0.4, -0.2) is 33.8 Å². The number of guanidine groups is 1. The highest BCUT2D eigenvalue weighted by Crippen LogP contribution is 2.08. The van der Waals surface area contributed by atoms with Gasteiger partial charge in [0, 0.05) is 25.0 Å². The van der Waals surface area contributed by atoms with Crippen LogP contribution < -0.4 is 10.6 Å². The number of aromatic nitrogens is 3. The van der Waals surface area contributed by atoms with Crippen molar-refractivity contribution in [2.24, 2.45) is 12.0 Å². The lowest BCUT2D eigenvalue weighted by Gasteiger charge is -2.13. The molecule has 0 unspecified atom stereocenters. The molecule has 0 atom stereocenters. The maximum absolute atomic E-state index is 13.8. The number of rotatable bonds is 8. The van der Waals surface area contributed by atoms with Gasteiger partial charge >= 0.3 is 0 Å². The molecule has 0 saturated carbocycles. The Morgan fingerprint density at radius 1 is 1.10 bits per heavy atom. The molecule has 0 aliphatic heterocycles. The molecular weight excluding hydrogens is 502 g/mol. The molecule has 0 radical (unpaired) electrons. The van der Waals surface area contributed by atoms with E-state index in [4.69, 9.17) is 0 Å². The Morgan fingerprint density at radius 2 is 1.86 bits per heavy atom. The Labute approximate surface area is 191 Å². The average Bonchev–Trinajstić information content (AvgIpc) is 3.32. The van der Waals surface area contributed by atoms with Crippen molar-refractivity contribution >= 4 is 41.3 Å². The zero-order valence-electron chi connectivity index (χ0n) is 16.6. The van der Waals surface area contributed by atoms with E-state index in [-0.39, 0.29) is 29.8 Å². The number of hydrogen-bond donors (Lipinski definition) is 2. The van der Waals surface area contributed by atoms with Crippen LogP contribution in [0.15, 0.2) is 46.8 Å². The SMILES string of the molecule is Cc1nnc(CN=C(NCCc2cccs2)NCCc2ccccc2F)n1C.I. The first kappa shape index (κ1) is 23.3. The van der Waals surface area contributed by atoms with Gasteiger partial charge in [0.15, 0.2) is 11.8 Å². The second kappa shape index (κ2) is 11.9. The van der Waals surface area contributed by atoms with Crippen molar-refractivity contribution in [2.45, 2.75) is 26.3 Å². The summed E-state index contributed by atoms with van der Waals surface area (Å²) in [5.41, 5.74) is 0.692. The van der Waals surface area contributed by atoms with Gasteiger partial charge in [0.2, 0.25) is 0 Å². The number of halogens is 2. The molecule has 3 aromatic rings. The van der Waals surface area contributed by atoms with Crippen LogP contribution in [-0.2, 0) is 26.4 Å². The van der Waals surface area contributed by atoms with Crippen LogP contribution in [0, 0.1) is 12.7 Å². The third kappa shape index (κ3) is 7.07. The first-order valence-corrected chi connectivity index (χ1v) is 10.1. The molecule has 0 aliphatic carbocycles. The Bertz CT molecular complexity index is 910. The standard InChI is InChI=1S/C20H25FN6S.HI/c1-15-25-26-19(27(15)2)14-24-20(23-12-10-17-7-5-13-28-17)22-11-9-16-6-3-4-8-18(16)21;/h3-8,13H,9-12,14H2,1-2H3,(H2,22,23,24);1H. The van der Waals surface area contributed by atoms with Gasteiger partial charge in [-0.25, -0.2) is 9.38 Å². The molecule has 2 aromatic heterocycles. The highest BCUT2D eigenvalue weighted by Gasteiger charge is 2.06. The van der Waals surface area contributed by atoms with Crippen molar-refractivity contribution in [2.75, 3.05) is 13.1 Å². The molecular formula is C20H26FIN6S. The summed E-state index contributed by atoms with van der Waals surface area (Å²) in [7, 11) is 1.93. The summed E-state index contributed by atoms with van der Waals surface area (Å²) < 4.78 is 15.7. The van der Waals surface area contributed by atoms with E-state index < -0.39 is 0 Å². The molecule has 156 valence electrons. The largest absolute Gasteiger partial charge is 0.356 e. The highest BCUT2D eigenvalue weighted by atomic mass is 127. The lowest BCUT2D eigenvalue weighted by Crippen LogP contribution is -2.39. The fourth-order valence-electron chi connectivity index (χ4n) is 2.69. The van der Waals surface area contributed by atoms with E-state index in [0.29, 0.717) is 31.0 Å². The number of benzene rings is 1. The van der Waals surface area contributed by atoms with Crippen LogP contribution >= 0.6 is 35.3 Å². The molecule has 9 heteroatoms. The summed E-state index contributed by atoms with van der Waals surface area (Å²) in [5, 5.41) is 16.9. The smallest absolute Gasteiger partial charge is 0.191 e. The van der Waals surface area contributed by atoms with Gasteiger partial charge in [0.05, 0.1) is 0 Å². The summed E-state index contributed by atoms with van der Waals surface area (Å²) in [5.74, 6) is 2.16. The van der Waals surface area contributed by atoms with Gasteiger partial charge in [-0.15, -0.1) is 45.5 Å². The van der Waals surface area contributed by atoms with Gasteiger partial charge in [-0.05, 0) is 42.8 Å². The van der Waals surface area contributed by atoms with Crippen molar-refractivity contribution in [1.82, 2.24) is 25.4 Å². The van der Waals surface area contributed by atoms with Gasteiger partial charge in [-0.1, -0.05) is 24.3 Å². The summed E-state index contributed by atoms with van der Waals surface area (Å²) >= 11 is 1.74. The van der Waals surface area contributed by atoms with Gasteiger partial charge in [0.1, 0.15) is 18.2 Å². The van der Waals surface area contributed by atoms with Crippen LogP contribution in [0.1, 0.15) is 22.1 Å². The van der Waals surface area contributed by atoms with Gasteiger partial charge < -0.3 is 15.2 Å². The molecule has 1 aromatic carbocycles. The number of nitrogens with zero attached hydrogens (tertiary/aromatic N) is 4. The number of nitrogens with one attached hydrogen (secondary N) is 2.